The molecule has 1 aromatic rings. The molecule has 3 saturated heterocycles. The summed E-state index contributed by atoms with van der Waals surface area (Å²) in [5.41, 5.74) is 1.02. The van der Waals surface area contributed by atoms with E-state index in [4.69, 9.17) is 9.47 Å². The number of hydrogen-bond donors (Lipinski definition) is 1. The van der Waals surface area contributed by atoms with Crippen LogP contribution >= 0.6 is 0 Å². The number of carbonyl (C=O) groups excluding carboxylic acids is 2. The molecule has 158 valence electrons. The van der Waals surface area contributed by atoms with Gasteiger partial charge < -0.3 is 19.3 Å². The van der Waals surface area contributed by atoms with E-state index in [2.05, 4.69) is 22.0 Å². The standard InChI is InChI=1S/C20H29N5O4/c1-13-11-24(14-6-5-7-15(10-14)29-4)19-21-17-16(25(19)12-13)18(26)23(8-9-28-3)20(27)22(17)2/h5-7,10,13,16-17,19,21H,8-9,11-12H2,1-4H3. The second-order valence-electron chi connectivity index (χ2n) is 7.96. The van der Waals surface area contributed by atoms with E-state index in [0.717, 1.165) is 24.5 Å². The number of ether oxygens (including phenoxy) is 2. The number of anilines is 1. The number of nitrogens with one attached hydrogen (secondary N) is 1. The van der Waals surface area contributed by atoms with Crippen molar-refractivity contribution in [1.29, 1.82) is 0 Å². The quantitative estimate of drug-likeness (QED) is 0.770. The molecule has 4 atom stereocenters. The Hall–Kier alpha value is -2.36. The molecule has 29 heavy (non-hydrogen) atoms. The van der Waals surface area contributed by atoms with Gasteiger partial charge in [0.2, 0.25) is 0 Å². The Balaban J connectivity index is 1.66. The van der Waals surface area contributed by atoms with Gasteiger partial charge in [-0.2, -0.15) is 0 Å². The topological polar surface area (TPSA) is 77.6 Å². The van der Waals surface area contributed by atoms with Crippen LogP contribution in [0.4, 0.5) is 10.5 Å². The summed E-state index contributed by atoms with van der Waals surface area (Å²) in [4.78, 5) is 33.4. The fraction of sp³-hybridized carbons (Fsp3) is 0.600. The van der Waals surface area contributed by atoms with Crippen molar-refractivity contribution in [2.45, 2.75) is 25.4 Å². The van der Waals surface area contributed by atoms with Gasteiger partial charge >= 0.3 is 6.03 Å². The highest BCUT2D eigenvalue weighted by Gasteiger charge is 2.56. The lowest BCUT2D eigenvalue weighted by molar-refractivity contribution is -0.139. The maximum atomic E-state index is 13.3. The number of nitrogens with zero attached hydrogens (tertiary/aromatic N) is 4. The van der Waals surface area contributed by atoms with Crippen LogP contribution in [0.25, 0.3) is 0 Å². The van der Waals surface area contributed by atoms with Crippen molar-refractivity contribution in [2.75, 3.05) is 52.4 Å². The summed E-state index contributed by atoms with van der Waals surface area (Å²) in [6.07, 6.45) is -0.535. The fourth-order valence-electron chi connectivity index (χ4n) is 4.60. The largest absolute Gasteiger partial charge is 0.497 e. The highest BCUT2D eigenvalue weighted by Crippen LogP contribution is 2.35. The van der Waals surface area contributed by atoms with E-state index in [-0.39, 0.29) is 30.9 Å². The highest BCUT2D eigenvalue weighted by atomic mass is 16.5. The predicted molar refractivity (Wildman–Crippen MR) is 107 cm³/mol. The Kier molecular flexibility index (Phi) is 5.37. The first-order chi connectivity index (χ1) is 14.0. The van der Waals surface area contributed by atoms with Gasteiger partial charge in [-0.05, 0) is 18.1 Å². The average molecular weight is 403 g/mol. The van der Waals surface area contributed by atoms with Crippen LogP contribution in [0.5, 0.6) is 5.75 Å². The van der Waals surface area contributed by atoms with Crippen molar-refractivity contribution in [3.8, 4) is 5.75 Å². The van der Waals surface area contributed by atoms with Crippen LogP contribution in [0.2, 0.25) is 0 Å². The smallest absolute Gasteiger partial charge is 0.327 e. The highest BCUT2D eigenvalue weighted by molar-refractivity contribution is 6.00. The van der Waals surface area contributed by atoms with Crippen molar-refractivity contribution in [3.63, 3.8) is 0 Å². The zero-order chi connectivity index (χ0) is 20.7. The molecule has 4 unspecified atom stereocenters. The number of imide groups is 1. The number of hydrogen-bond acceptors (Lipinski definition) is 7. The van der Waals surface area contributed by atoms with E-state index in [1.54, 1.807) is 26.2 Å². The van der Waals surface area contributed by atoms with E-state index >= 15 is 0 Å². The van der Waals surface area contributed by atoms with Gasteiger partial charge in [-0.25, -0.2) is 4.79 Å². The molecule has 1 aromatic carbocycles. The zero-order valence-corrected chi connectivity index (χ0v) is 17.4. The summed E-state index contributed by atoms with van der Waals surface area (Å²) < 4.78 is 10.5. The van der Waals surface area contributed by atoms with Crippen LogP contribution in [0.1, 0.15) is 6.92 Å². The maximum Gasteiger partial charge on any atom is 0.327 e. The lowest BCUT2D eigenvalue weighted by atomic mass is 10.0. The Morgan fingerprint density at radius 3 is 2.72 bits per heavy atom. The van der Waals surface area contributed by atoms with Gasteiger partial charge in [0.25, 0.3) is 5.91 Å². The SMILES string of the molecule is COCCN1C(=O)C2C(NC3N(c4cccc(OC)c4)CC(C)CN23)N(C)C1=O. The van der Waals surface area contributed by atoms with Crippen molar-refractivity contribution < 1.29 is 19.1 Å². The first kappa shape index (κ1) is 19.9. The molecule has 0 aliphatic carbocycles. The molecule has 0 radical (unpaired) electrons. The van der Waals surface area contributed by atoms with E-state index in [0.29, 0.717) is 12.5 Å². The molecule has 3 amide bonds. The van der Waals surface area contributed by atoms with Crippen LogP contribution in [-0.4, -0.2) is 92.6 Å². The molecular weight excluding hydrogens is 374 g/mol. The molecule has 0 saturated carbocycles. The fourth-order valence-corrected chi connectivity index (χ4v) is 4.60. The monoisotopic (exact) mass is 403 g/mol. The second-order valence-corrected chi connectivity index (χ2v) is 7.96. The van der Waals surface area contributed by atoms with Gasteiger partial charge in [-0.15, -0.1) is 0 Å². The molecule has 9 nitrogen and oxygen atoms in total. The molecule has 4 rings (SSSR count). The minimum absolute atomic E-state index is 0.162. The summed E-state index contributed by atoms with van der Waals surface area (Å²) in [5.74, 6) is 0.989. The number of fused-ring (bicyclic) bond motifs is 3. The number of benzene rings is 1. The molecule has 3 fully saturated rings. The number of amides is 3. The summed E-state index contributed by atoms with van der Waals surface area (Å²) in [6, 6.07) is 7.22. The lowest BCUT2D eigenvalue weighted by Crippen LogP contribution is -2.67. The molecular formula is C20H29N5O4. The normalized spacial score (nSPS) is 29.9. The van der Waals surface area contributed by atoms with Gasteiger partial charge in [-0.1, -0.05) is 13.0 Å². The van der Waals surface area contributed by atoms with E-state index in [1.165, 1.54) is 4.90 Å². The van der Waals surface area contributed by atoms with Crippen LogP contribution in [0.3, 0.4) is 0 Å². The lowest BCUT2D eigenvalue weighted by Gasteiger charge is -2.46. The molecule has 9 heteroatoms. The summed E-state index contributed by atoms with van der Waals surface area (Å²) >= 11 is 0. The summed E-state index contributed by atoms with van der Waals surface area (Å²) in [5, 5.41) is 3.53. The summed E-state index contributed by atoms with van der Waals surface area (Å²) in [6.45, 7) is 4.40. The molecule has 3 aliphatic heterocycles. The average Bonchev–Trinajstić information content (AvgIpc) is 3.11. The predicted octanol–water partition coefficient (Wildman–Crippen LogP) is 0.575. The molecule has 0 aromatic heterocycles. The van der Waals surface area contributed by atoms with Gasteiger partial charge in [0.15, 0.2) is 0 Å². The third-order valence-electron chi connectivity index (χ3n) is 5.99. The number of likely N-dealkylation sites (N-methyl/N-ethyl adjacent to an activating group) is 1. The van der Waals surface area contributed by atoms with Gasteiger partial charge in [0.1, 0.15) is 24.2 Å². The number of carbonyl (C=O) groups is 2. The number of urea groups is 1. The van der Waals surface area contributed by atoms with E-state index in [9.17, 15) is 9.59 Å². The summed E-state index contributed by atoms with van der Waals surface area (Å²) in [7, 11) is 4.97. The van der Waals surface area contributed by atoms with Crippen LogP contribution in [0, 0.1) is 5.92 Å². The Morgan fingerprint density at radius 1 is 1.21 bits per heavy atom. The maximum absolute atomic E-state index is 13.3. The minimum atomic E-state index is -0.421. The minimum Gasteiger partial charge on any atom is -0.497 e. The van der Waals surface area contributed by atoms with Crippen molar-refractivity contribution in [1.82, 2.24) is 20.0 Å². The van der Waals surface area contributed by atoms with Gasteiger partial charge in [-0.3, -0.25) is 19.9 Å². The molecule has 3 heterocycles. The third kappa shape index (κ3) is 3.33. The Morgan fingerprint density at radius 2 is 2.00 bits per heavy atom. The van der Waals surface area contributed by atoms with Crippen LogP contribution in [0.15, 0.2) is 24.3 Å². The molecule has 0 bridgehead atoms. The van der Waals surface area contributed by atoms with Gasteiger partial charge in [0.05, 0.1) is 20.3 Å². The third-order valence-corrected chi connectivity index (χ3v) is 5.99. The molecule has 1 N–H and O–H groups in total. The Labute approximate surface area is 171 Å². The van der Waals surface area contributed by atoms with Crippen molar-refractivity contribution in [2.24, 2.45) is 5.92 Å². The van der Waals surface area contributed by atoms with Gasteiger partial charge in [0, 0.05) is 39.0 Å². The van der Waals surface area contributed by atoms with Crippen molar-refractivity contribution >= 4 is 17.6 Å². The number of rotatable bonds is 5. The zero-order valence-electron chi connectivity index (χ0n) is 17.4. The van der Waals surface area contributed by atoms with E-state index < -0.39 is 6.04 Å². The Bertz CT molecular complexity index is 790. The first-order valence-corrected chi connectivity index (χ1v) is 9.96. The molecule has 0 spiro atoms. The van der Waals surface area contributed by atoms with Crippen LogP contribution in [-0.2, 0) is 9.53 Å². The second kappa shape index (κ2) is 7.81. The van der Waals surface area contributed by atoms with E-state index in [1.807, 2.05) is 24.3 Å². The molecule has 3 aliphatic rings. The first-order valence-electron chi connectivity index (χ1n) is 9.96. The van der Waals surface area contributed by atoms with Crippen LogP contribution < -0.4 is 15.0 Å². The van der Waals surface area contributed by atoms with Crippen molar-refractivity contribution in [3.05, 3.63) is 24.3 Å². The number of methoxy groups -OCH3 is 2.